The van der Waals surface area contributed by atoms with E-state index in [9.17, 15) is 9.59 Å². The van der Waals surface area contributed by atoms with Crippen LogP contribution in [-0.4, -0.2) is 24.6 Å². The Balaban J connectivity index is 1.65. The van der Waals surface area contributed by atoms with E-state index in [-0.39, 0.29) is 15.7 Å². The molecule has 0 aliphatic carbocycles. The summed E-state index contributed by atoms with van der Waals surface area (Å²) in [6.07, 6.45) is 1.33. The van der Waals surface area contributed by atoms with Gasteiger partial charge in [-0.05, 0) is 42.3 Å². The maximum Gasteiger partial charge on any atom is 0.329 e. The molecule has 0 atom stereocenters. The molecule has 0 aliphatic heterocycles. The molecule has 0 bridgehead atoms. The first kappa shape index (κ1) is 25.4. The summed E-state index contributed by atoms with van der Waals surface area (Å²) in [5.41, 5.74) is 3.86. The lowest BCUT2D eigenvalue weighted by molar-refractivity contribution is -0.136. The van der Waals surface area contributed by atoms with Crippen LogP contribution in [0.3, 0.4) is 0 Å². The fraction of sp³-hybridized carbons (Fsp3) is 0.125. The van der Waals surface area contributed by atoms with Gasteiger partial charge in [-0.2, -0.15) is 5.10 Å². The van der Waals surface area contributed by atoms with Crippen molar-refractivity contribution < 1.29 is 19.1 Å². The minimum Gasteiger partial charge on any atom is -0.490 e. The SMILES string of the molecule is CCOc1cc(/C=N\NC(=O)C(=O)Nc2cccc(Cl)c2Cl)cc(Cl)c1OCc1ccccc1. The molecule has 0 aromatic heterocycles. The highest BCUT2D eigenvalue weighted by Crippen LogP contribution is 2.37. The lowest BCUT2D eigenvalue weighted by Crippen LogP contribution is -2.32. The van der Waals surface area contributed by atoms with Crippen LogP contribution in [0.5, 0.6) is 11.5 Å². The molecule has 0 saturated heterocycles. The van der Waals surface area contributed by atoms with E-state index >= 15 is 0 Å². The number of hydrogen-bond acceptors (Lipinski definition) is 5. The first-order valence-corrected chi connectivity index (χ1v) is 11.2. The Hall–Kier alpha value is -3.26. The number of amides is 2. The van der Waals surface area contributed by atoms with Crippen molar-refractivity contribution in [3.8, 4) is 11.5 Å². The maximum absolute atomic E-state index is 12.1. The Morgan fingerprint density at radius 3 is 2.44 bits per heavy atom. The standard InChI is InChI=1S/C24H20Cl3N3O4/c1-2-33-20-12-16(11-18(26)22(20)34-14-15-7-4-3-5-8-15)13-28-30-24(32)23(31)29-19-10-6-9-17(25)21(19)27/h3-13H,2,14H2,1H3,(H,29,31)(H,30,32)/b28-13-. The summed E-state index contributed by atoms with van der Waals surface area (Å²) in [6.45, 7) is 2.54. The number of carbonyl (C=O) groups excluding carboxylic acids is 2. The first-order valence-electron chi connectivity index (χ1n) is 10.1. The molecule has 3 rings (SSSR count). The van der Waals surface area contributed by atoms with Crippen molar-refractivity contribution in [2.75, 3.05) is 11.9 Å². The summed E-state index contributed by atoms with van der Waals surface area (Å²) in [5.74, 6) is -1.14. The van der Waals surface area contributed by atoms with E-state index in [4.69, 9.17) is 44.3 Å². The van der Waals surface area contributed by atoms with Gasteiger partial charge in [0.05, 0.1) is 33.6 Å². The molecule has 34 heavy (non-hydrogen) atoms. The largest absolute Gasteiger partial charge is 0.490 e. The van der Waals surface area contributed by atoms with Crippen LogP contribution in [0, 0.1) is 0 Å². The number of nitrogens with zero attached hydrogens (tertiary/aromatic N) is 1. The molecule has 0 aliphatic rings. The van der Waals surface area contributed by atoms with Crippen molar-refractivity contribution in [1.82, 2.24) is 5.43 Å². The van der Waals surface area contributed by atoms with E-state index in [1.54, 1.807) is 24.3 Å². The van der Waals surface area contributed by atoms with Gasteiger partial charge in [-0.1, -0.05) is 71.2 Å². The summed E-state index contributed by atoms with van der Waals surface area (Å²) in [6, 6.07) is 17.6. The normalized spacial score (nSPS) is 10.7. The lowest BCUT2D eigenvalue weighted by atomic mass is 10.2. The van der Waals surface area contributed by atoms with Gasteiger partial charge in [0.15, 0.2) is 11.5 Å². The van der Waals surface area contributed by atoms with Crippen molar-refractivity contribution in [3.63, 3.8) is 0 Å². The van der Waals surface area contributed by atoms with Crippen molar-refractivity contribution >= 4 is 58.5 Å². The molecule has 7 nitrogen and oxygen atoms in total. The monoisotopic (exact) mass is 519 g/mol. The van der Waals surface area contributed by atoms with Crippen LogP contribution in [0.4, 0.5) is 5.69 Å². The molecule has 3 aromatic rings. The number of carbonyl (C=O) groups is 2. The van der Waals surface area contributed by atoms with Crippen molar-refractivity contribution in [2.45, 2.75) is 13.5 Å². The number of hydrazone groups is 1. The van der Waals surface area contributed by atoms with E-state index in [0.717, 1.165) is 5.56 Å². The molecule has 0 spiro atoms. The zero-order chi connectivity index (χ0) is 24.5. The van der Waals surface area contributed by atoms with Gasteiger partial charge < -0.3 is 14.8 Å². The van der Waals surface area contributed by atoms with Crippen molar-refractivity contribution in [2.24, 2.45) is 5.10 Å². The predicted octanol–water partition coefficient (Wildman–Crippen LogP) is 5.71. The molecule has 0 fully saturated rings. The summed E-state index contributed by atoms with van der Waals surface area (Å²) in [5, 5.41) is 6.86. The third kappa shape index (κ3) is 6.87. The van der Waals surface area contributed by atoms with E-state index in [2.05, 4.69) is 15.8 Å². The molecule has 10 heteroatoms. The predicted molar refractivity (Wildman–Crippen MR) is 134 cm³/mol. The van der Waals surface area contributed by atoms with Crippen LogP contribution in [0.1, 0.15) is 18.1 Å². The van der Waals surface area contributed by atoms with Crippen molar-refractivity contribution in [1.29, 1.82) is 0 Å². The average molecular weight is 521 g/mol. The third-order valence-corrected chi connectivity index (χ3v) is 5.44. The maximum atomic E-state index is 12.1. The Kier molecular flexibility index (Phi) is 9.16. The zero-order valence-corrected chi connectivity index (χ0v) is 20.2. The molecule has 0 radical (unpaired) electrons. The molecule has 0 heterocycles. The van der Waals surface area contributed by atoms with Gasteiger partial charge in [0.2, 0.25) is 0 Å². The number of benzene rings is 3. The Bertz CT molecular complexity index is 1200. The fourth-order valence-electron chi connectivity index (χ4n) is 2.79. The van der Waals surface area contributed by atoms with Crippen LogP contribution in [0.25, 0.3) is 0 Å². The highest BCUT2D eigenvalue weighted by molar-refractivity contribution is 6.45. The van der Waals surface area contributed by atoms with Crippen LogP contribution >= 0.6 is 34.8 Å². The minimum atomic E-state index is -0.994. The van der Waals surface area contributed by atoms with Gasteiger partial charge in [-0.15, -0.1) is 0 Å². The molecular formula is C24H20Cl3N3O4. The molecule has 0 saturated carbocycles. The summed E-state index contributed by atoms with van der Waals surface area (Å²) in [4.78, 5) is 24.1. The van der Waals surface area contributed by atoms with E-state index in [1.807, 2.05) is 37.3 Å². The molecule has 3 aromatic carbocycles. The summed E-state index contributed by atoms with van der Waals surface area (Å²) in [7, 11) is 0. The quantitative estimate of drug-likeness (QED) is 0.226. The van der Waals surface area contributed by atoms with Gasteiger partial charge in [-0.25, -0.2) is 5.43 Å². The lowest BCUT2D eigenvalue weighted by Gasteiger charge is -2.14. The van der Waals surface area contributed by atoms with E-state index in [0.29, 0.717) is 35.3 Å². The second-order valence-electron chi connectivity index (χ2n) is 6.79. The second kappa shape index (κ2) is 12.3. The summed E-state index contributed by atoms with van der Waals surface area (Å²) >= 11 is 18.3. The van der Waals surface area contributed by atoms with Gasteiger partial charge in [0.1, 0.15) is 6.61 Å². The van der Waals surface area contributed by atoms with Crippen LogP contribution < -0.4 is 20.2 Å². The summed E-state index contributed by atoms with van der Waals surface area (Å²) < 4.78 is 11.5. The highest BCUT2D eigenvalue weighted by atomic mass is 35.5. The van der Waals surface area contributed by atoms with Crippen LogP contribution in [0.2, 0.25) is 15.1 Å². The molecule has 2 N–H and O–H groups in total. The molecule has 2 amide bonds. The molecular weight excluding hydrogens is 501 g/mol. The topological polar surface area (TPSA) is 89.0 Å². The van der Waals surface area contributed by atoms with Gasteiger partial charge in [0, 0.05) is 0 Å². The number of anilines is 1. The Morgan fingerprint density at radius 2 is 1.71 bits per heavy atom. The Morgan fingerprint density at radius 1 is 0.941 bits per heavy atom. The second-order valence-corrected chi connectivity index (χ2v) is 7.98. The Labute approximate surface area is 211 Å². The molecule has 176 valence electrons. The van der Waals surface area contributed by atoms with Crippen LogP contribution in [-0.2, 0) is 16.2 Å². The fourth-order valence-corrected chi connectivity index (χ4v) is 3.41. The zero-order valence-electron chi connectivity index (χ0n) is 18.0. The third-order valence-electron chi connectivity index (χ3n) is 4.34. The van der Waals surface area contributed by atoms with Crippen molar-refractivity contribution in [3.05, 3.63) is 86.9 Å². The van der Waals surface area contributed by atoms with E-state index < -0.39 is 11.8 Å². The average Bonchev–Trinajstić information content (AvgIpc) is 2.82. The van der Waals surface area contributed by atoms with Crippen LogP contribution in [0.15, 0.2) is 65.8 Å². The molecule has 0 unspecified atom stereocenters. The number of halogens is 3. The number of ether oxygens (including phenoxy) is 2. The van der Waals surface area contributed by atoms with Gasteiger partial charge in [-0.3, -0.25) is 9.59 Å². The van der Waals surface area contributed by atoms with Gasteiger partial charge in [0.25, 0.3) is 0 Å². The number of nitrogens with one attached hydrogen (secondary N) is 2. The highest BCUT2D eigenvalue weighted by Gasteiger charge is 2.16. The van der Waals surface area contributed by atoms with Gasteiger partial charge >= 0.3 is 11.8 Å². The smallest absolute Gasteiger partial charge is 0.329 e. The number of rotatable bonds is 8. The van der Waals surface area contributed by atoms with E-state index in [1.165, 1.54) is 12.3 Å². The minimum absolute atomic E-state index is 0.126. The first-order chi connectivity index (χ1) is 16.4. The number of hydrogen-bond donors (Lipinski definition) is 2.